The van der Waals surface area contributed by atoms with Crippen molar-refractivity contribution in [3.63, 3.8) is 0 Å². The van der Waals surface area contributed by atoms with Gasteiger partial charge in [0.2, 0.25) is 0 Å². The van der Waals surface area contributed by atoms with E-state index in [1.807, 2.05) is 18.2 Å². The van der Waals surface area contributed by atoms with Gasteiger partial charge in [-0.2, -0.15) is 13.2 Å². The summed E-state index contributed by atoms with van der Waals surface area (Å²) in [6, 6.07) is 10.6. The topological polar surface area (TPSA) is 66.1 Å². The third kappa shape index (κ3) is 3.92. The zero-order valence-corrected chi connectivity index (χ0v) is 16.4. The Kier molecular flexibility index (Phi) is 5.27. The van der Waals surface area contributed by atoms with Crippen LogP contribution in [0.3, 0.4) is 0 Å². The largest absolute Gasteiger partial charge is 0.418 e. The average Bonchev–Trinajstić information content (AvgIpc) is 3.13. The van der Waals surface area contributed by atoms with Gasteiger partial charge in [0, 0.05) is 17.6 Å². The predicted octanol–water partition coefficient (Wildman–Crippen LogP) is 4.44. The number of carbonyl (C=O) groups is 1. The third-order valence-electron chi connectivity index (χ3n) is 5.23. The number of benzene rings is 2. The monoisotopic (exact) mass is 435 g/mol. The van der Waals surface area contributed by atoms with E-state index < -0.39 is 34.4 Å². The lowest BCUT2D eigenvalue weighted by molar-refractivity contribution is -0.136. The summed E-state index contributed by atoms with van der Waals surface area (Å²) in [7, 11) is 0. The van der Waals surface area contributed by atoms with Gasteiger partial charge in [-0.05, 0) is 49.1 Å². The first-order chi connectivity index (χ1) is 14.2. The quantitative estimate of drug-likeness (QED) is 0.661. The summed E-state index contributed by atoms with van der Waals surface area (Å²) in [6.45, 7) is 0.450. The molecule has 2 aromatic carbocycles. The number of likely N-dealkylation sites (tertiary alicyclic amines) is 1. The summed E-state index contributed by atoms with van der Waals surface area (Å²) < 4.78 is 39.6. The minimum absolute atomic E-state index is 0.0848. The van der Waals surface area contributed by atoms with Crippen LogP contribution in [0.25, 0.3) is 11.0 Å². The second-order valence-corrected chi connectivity index (χ2v) is 7.68. The Morgan fingerprint density at radius 2 is 2.00 bits per heavy atom. The van der Waals surface area contributed by atoms with Gasteiger partial charge >= 0.3 is 6.18 Å². The van der Waals surface area contributed by atoms with Gasteiger partial charge in [0.25, 0.3) is 11.5 Å². The van der Waals surface area contributed by atoms with Crippen LogP contribution in [0.1, 0.15) is 34.5 Å². The van der Waals surface area contributed by atoms with Crippen LogP contribution in [0.15, 0.2) is 47.3 Å². The van der Waals surface area contributed by atoms with Crippen molar-refractivity contribution in [3.05, 3.63) is 74.7 Å². The average molecular weight is 436 g/mol. The maximum absolute atomic E-state index is 13.2. The molecule has 0 saturated carbocycles. The first-order valence-electron chi connectivity index (χ1n) is 9.39. The van der Waals surface area contributed by atoms with E-state index in [0.717, 1.165) is 24.5 Å². The van der Waals surface area contributed by atoms with Crippen LogP contribution in [-0.2, 0) is 12.6 Å². The Bertz CT molecular complexity index is 1180. The molecule has 1 saturated heterocycles. The number of hydrogen-bond acceptors (Lipinski definition) is 3. The van der Waals surface area contributed by atoms with Crippen LogP contribution in [0.5, 0.6) is 0 Å². The Morgan fingerprint density at radius 3 is 2.73 bits per heavy atom. The molecule has 0 aliphatic carbocycles. The molecular formula is C21H17ClF3N3O2. The van der Waals surface area contributed by atoms with Crippen molar-refractivity contribution in [3.8, 4) is 0 Å². The molecule has 1 aliphatic rings. The molecule has 2 heterocycles. The van der Waals surface area contributed by atoms with Gasteiger partial charge in [0.05, 0.1) is 16.6 Å². The molecule has 0 spiro atoms. The van der Waals surface area contributed by atoms with Crippen molar-refractivity contribution in [1.82, 2.24) is 14.9 Å². The number of carbonyl (C=O) groups excluding carboxylic acids is 1. The smallest absolute Gasteiger partial charge is 0.334 e. The second kappa shape index (κ2) is 7.75. The van der Waals surface area contributed by atoms with Crippen LogP contribution in [0.4, 0.5) is 13.2 Å². The molecule has 30 heavy (non-hydrogen) atoms. The van der Waals surface area contributed by atoms with Gasteiger partial charge in [0.15, 0.2) is 5.69 Å². The molecule has 5 nitrogen and oxygen atoms in total. The van der Waals surface area contributed by atoms with Crippen molar-refractivity contribution < 1.29 is 18.0 Å². The molecule has 4 rings (SSSR count). The summed E-state index contributed by atoms with van der Waals surface area (Å²) >= 11 is 6.03. The lowest BCUT2D eigenvalue weighted by Crippen LogP contribution is -2.40. The van der Waals surface area contributed by atoms with Gasteiger partial charge in [-0.3, -0.25) is 9.59 Å². The van der Waals surface area contributed by atoms with E-state index in [0.29, 0.717) is 18.0 Å². The van der Waals surface area contributed by atoms with Crippen molar-refractivity contribution >= 4 is 28.5 Å². The number of amides is 1. The van der Waals surface area contributed by atoms with E-state index in [2.05, 4.69) is 9.97 Å². The van der Waals surface area contributed by atoms with E-state index >= 15 is 0 Å². The molecule has 1 unspecified atom stereocenters. The van der Waals surface area contributed by atoms with Gasteiger partial charge in [-0.25, -0.2) is 4.98 Å². The maximum atomic E-state index is 13.2. The van der Waals surface area contributed by atoms with Crippen LogP contribution < -0.4 is 5.56 Å². The van der Waals surface area contributed by atoms with Crippen LogP contribution in [0.2, 0.25) is 5.02 Å². The van der Waals surface area contributed by atoms with E-state index in [4.69, 9.17) is 11.6 Å². The number of halogens is 4. The van der Waals surface area contributed by atoms with E-state index in [1.54, 1.807) is 11.0 Å². The molecule has 0 radical (unpaired) electrons. The number of H-pyrrole nitrogens is 1. The van der Waals surface area contributed by atoms with Crippen molar-refractivity contribution in [2.24, 2.45) is 0 Å². The molecule has 1 aromatic heterocycles. The van der Waals surface area contributed by atoms with Crippen molar-refractivity contribution in [2.75, 3.05) is 6.54 Å². The summed E-state index contributed by atoms with van der Waals surface area (Å²) in [5, 5.41) is 0.594. The predicted molar refractivity (Wildman–Crippen MR) is 107 cm³/mol. The van der Waals surface area contributed by atoms with Gasteiger partial charge in [-0.15, -0.1) is 0 Å². The van der Waals surface area contributed by atoms with Gasteiger partial charge < -0.3 is 9.88 Å². The molecule has 1 aliphatic heterocycles. The number of aromatic amines is 1. The number of alkyl halides is 3. The van der Waals surface area contributed by atoms with E-state index in [9.17, 15) is 22.8 Å². The number of aromatic nitrogens is 2. The Labute approximate surface area is 174 Å². The fraction of sp³-hybridized carbons (Fsp3) is 0.286. The third-order valence-corrected chi connectivity index (χ3v) is 5.47. The van der Waals surface area contributed by atoms with E-state index in [-0.39, 0.29) is 11.6 Å². The number of para-hydroxylation sites is 1. The fourth-order valence-electron chi connectivity index (χ4n) is 3.88. The molecule has 3 aromatic rings. The normalized spacial score (nSPS) is 16.9. The SMILES string of the molecule is O=C(c1nc2cccc(C(F)(F)F)c2[nH]c1=O)N1CCCC1Cc1cccc(Cl)c1. The summed E-state index contributed by atoms with van der Waals surface area (Å²) in [5.41, 5.74) is -1.88. The van der Waals surface area contributed by atoms with Crippen LogP contribution >= 0.6 is 11.6 Å². The zero-order valence-electron chi connectivity index (χ0n) is 15.7. The Morgan fingerprint density at radius 1 is 1.23 bits per heavy atom. The molecule has 1 amide bonds. The summed E-state index contributed by atoms with van der Waals surface area (Å²) in [6.07, 6.45) is -2.56. The number of nitrogens with zero attached hydrogens (tertiary/aromatic N) is 2. The highest BCUT2D eigenvalue weighted by Crippen LogP contribution is 2.33. The Hall–Kier alpha value is -2.87. The minimum Gasteiger partial charge on any atom is -0.334 e. The van der Waals surface area contributed by atoms with Crippen molar-refractivity contribution in [1.29, 1.82) is 0 Å². The first-order valence-corrected chi connectivity index (χ1v) is 9.77. The first kappa shape index (κ1) is 20.4. The minimum atomic E-state index is -4.65. The highest BCUT2D eigenvalue weighted by molar-refractivity contribution is 6.30. The molecule has 1 fully saturated rings. The molecule has 9 heteroatoms. The second-order valence-electron chi connectivity index (χ2n) is 7.24. The van der Waals surface area contributed by atoms with Crippen molar-refractivity contribution in [2.45, 2.75) is 31.5 Å². The van der Waals surface area contributed by atoms with Gasteiger partial charge in [0.1, 0.15) is 0 Å². The number of fused-ring (bicyclic) bond motifs is 1. The highest BCUT2D eigenvalue weighted by atomic mass is 35.5. The molecule has 1 atom stereocenters. The molecular weight excluding hydrogens is 419 g/mol. The fourth-order valence-corrected chi connectivity index (χ4v) is 4.09. The zero-order chi connectivity index (χ0) is 21.5. The summed E-state index contributed by atoms with van der Waals surface area (Å²) in [5.74, 6) is -0.583. The van der Waals surface area contributed by atoms with E-state index in [1.165, 1.54) is 12.1 Å². The number of nitrogens with one attached hydrogen (secondary N) is 1. The standard InChI is InChI=1S/C21H17ClF3N3O2/c22-13-5-1-4-12(10-13)11-14-6-3-9-28(14)20(30)18-19(29)27-17-15(21(23,24)25)7-2-8-16(17)26-18/h1-2,4-5,7-8,10,14H,3,6,9,11H2,(H,27,29). The number of hydrogen-bond donors (Lipinski definition) is 1. The molecule has 0 bridgehead atoms. The molecule has 156 valence electrons. The van der Waals surface area contributed by atoms with Gasteiger partial charge in [-0.1, -0.05) is 29.8 Å². The lowest BCUT2D eigenvalue weighted by atomic mass is 10.0. The van der Waals surface area contributed by atoms with Crippen LogP contribution in [-0.4, -0.2) is 33.4 Å². The maximum Gasteiger partial charge on any atom is 0.418 e. The Balaban J connectivity index is 1.67. The number of rotatable bonds is 3. The molecule has 1 N–H and O–H groups in total. The lowest BCUT2D eigenvalue weighted by Gasteiger charge is -2.24. The summed E-state index contributed by atoms with van der Waals surface area (Å²) in [4.78, 5) is 33.3. The van der Waals surface area contributed by atoms with Crippen LogP contribution in [0, 0.1) is 0 Å². The highest BCUT2D eigenvalue weighted by Gasteiger charge is 2.35.